The number of rotatable bonds is 13. The predicted octanol–water partition coefficient (Wildman–Crippen LogP) is 0.324. The summed E-state index contributed by atoms with van der Waals surface area (Å²) in [5.74, 6) is -8.87. The molecule has 0 aromatic heterocycles. The topological polar surface area (TPSA) is 296 Å². The molecule has 0 saturated carbocycles. The van der Waals surface area contributed by atoms with E-state index in [1.165, 1.54) is 32.2 Å². The van der Waals surface area contributed by atoms with E-state index in [4.69, 9.17) is 22.1 Å². The van der Waals surface area contributed by atoms with Gasteiger partial charge in [-0.25, -0.2) is 4.79 Å². The van der Waals surface area contributed by atoms with Crippen molar-refractivity contribution in [1.29, 1.82) is 0 Å². The number of phenols is 1. The number of aliphatic hydroxyl groups is 1. The molecule has 2 aromatic rings. The number of aromatic hydroxyl groups is 1. The monoisotopic (exact) mass is 954 g/mol. The van der Waals surface area contributed by atoms with Crippen LogP contribution in [0.4, 0.5) is 0 Å². The molecule has 2 heterocycles. The minimum Gasteiger partial charge on any atom is -0.506 e. The van der Waals surface area contributed by atoms with E-state index in [1.807, 2.05) is 0 Å². The first-order valence-electron chi connectivity index (χ1n) is 22.2. The van der Waals surface area contributed by atoms with Gasteiger partial charge in [-0.3, -0.25) is 38.4 Å². The molecule has 20 nitrogen and oxygen atoms in total. The fourth-order valence-corrected chi connectivity index (χ4v) is 8.20. The number of primary amides is 1. The highest BCUT2D eigenvalue weighted by molar-refractivity contribution is 6.32. The van der Waals surface area contributed by atoms with Gasteiger partial charge < -0.3 is 57.1 Å². The first kappa shape index (κ1) is 53.3. The highest BCUT2D eigenvalue weighted by Crippen LogP contribution is 2.27. The molecule has 21 heteroatoms. The molecule has 0 radical (unpaired) electrons. The number of nitrogens with one attached hydrogen (secondary N) is 5. The molecule has 2 bridgehead atoms. The predicted molar refractivity (Wildman–Crippen MR) is 243 cm³/mol. The number of halogens is 1. The minimum absolute atomic E-state index is 0.0157. The van der Waals surface area contributed by atoms with Crippen LogP contribution in [-0.4, -0.2) is 135 Å². The number of carbonyl (C=O) groups excluding carboxylic acids is 9. The van der Waals surface area contributed by atoms with Crippen molar-refractivity contribution < 1.29 is 58.1 Å². The van der Waals surface area contributed by atoms with E-state index in [0.717, 1.165) is 16.7 Å². The summed E-state index contributed by atoms with van der Waals surface area (Å²) in [5, 5.41) is 34.6. The number of fused-ring (bicyclic) bond motifs is 2. The lowest BCUT2D eigenvalue weighted by Crippen LogP contribution is -2.65. The molecule has 8 amide bonds. The van der Waals surface area contributed by atoms with Crippen molar-refractivity contribution in [3.8, 4) is 5.75 Å². The van der Waals surface area contributed by atoms with Crippen molar-refractivity contribution in [2.45, 2.75) is 141 Å². The van der Waals surface area contributed by atoms with E-state index in [1.54, 1.807) is 58.0 Å². The normalized spacial score (nSPS) is 25.2. The first-order valence-corrected chi connectivity index (χ1v) is 22.6. The standard InChI is InChI=1S/C46H63ClN8O12/c1-23(2)19-32-41(61)50-31-15-18-37(59)55(44(31)64)34(21-27-11-9-8-10-12-27)45(65)54(7)33(22-28-13-16-35(57)29(47)20-28)42(62)52-38(24(3)4)46(66)67-25(5)39(43(63)51-32)53-40(60)30(49-26(6)56)14-17-36(48)58/h8-13,16,20,23-25,30-34,37-39,57,59H,14-15,17-19,21-22H2,1-7H3,(H2,48,58)(H,49,56)(H,50,61)(H,51,63)(H,52,62)(H,53,60)/t25-,30-,31-,32-,33-,34+,37+,38-,39-/m0/s1. The Kier molecular flexibility index (Phi) is 19.1. The number of nitrogens with zero attached hydrogens (tertiary/aromatic N) is 2. The van der Waals surface area contributed by atoms with Crippen molar-refractivity contribution in [2.24, 2.45) is 17.6 Å². The number of esters is 1. The second-order valence-corrected chi connectivity index (χ2v) is 18.2. The number of aliphatic hydroxyl groups excluding tert-OH is 1. The third-order valence-electron chi connectivity index (χ3n) is 11.6. The maximum atomic E-state index is 15.0. The average molecular weight is 956 g/mol. The molecular formula is C46H63ClN8O12. The number of cyclic esters (lactones) is 1. The summed E-state index contributed by atoms with van der Waals surface area (Å²) >= 11 is 6.26. The van der Waals surface area contributed by atoms with Gasteiger partial charge in [0.2, 0.25) is 47.3 Å². The molecule has 9 atom stereocenters. The number of ether oxygens (including phenoxy) is 1. The van der Waals surface area contributed by atoms with Crippen LogP contribution in [0.5, 0.6) is 5.75 Å². The fourth-order valence-electron chi connectivity index (χ4n) is 8.00. The molecule has 2 fully saturated rings. The Morgan fingerprint density at radius 1 is 0.881 bits per heavy atom. The van der Waals surface area contributed by atoms with Gasteiger partial charge in [-0.15, -0.1) is 0 Å². The molecule has 0 aliphatic carbocycles. The molecule has 67 heavy (non-hydrogen) atoms. The zero-order valence-corrected chi connectivity index (χ0v) is 39.5. The molecular weight excluding hydrogens is 892 g/mol. The van der Waals surface area contributed by atoms with E-state index in [9.17, 15) is 48.6 Å². The molecule has 2 aliphatic rings. The van der Waals surface area contributed by atoms with Gasteiger partial charge in [0.1, 0.15) is 60.4 Å². The van der Waals surface area contributed by atoms with Crippen LogP contribution in [-0.2, 0) is 60.7 Å². The second-order valence-electron chi connectivity index (χ2n) is 17.8. The molecule has 9 N–H and O–H groups in total. The van der Waals surface area contributed by atoms with E-state index in [2.05, 4.69) is 26.6 Å². The maximum absolute atomic E-state index is 15.0. The number of piperidine rings is 1. The minimum atomic E-state index is -1.76. The first-order chi connectivity index (χ1) is 31.5. The van der Waals surface area contributed by atoms with Crippen LogP contribution in [0.3, 0.4) is 0 Å². The summed E-state index contributed by atoms with van der Waals surface area (Å²) < 4.78 is 5.82. The zero-order valence-electron chi connectivity index (χ0n) is 38.7. The van der Waals surface area contributed by atoms with Crippen LogP contribution >= 0.6 is 11.6 Å². The van der Waals surface area contributed by atoms with Gasteiger partial charge in [0, 0.05) is 33.2 Å². The average Bonchev–Trinajstić information content (AvgIpc) is 3.25. The lowest BCUT2D eigenvalue weighted by atomic mass is 9.95. The Hall–Kier alpha value is -6.28. The second kappa shape index (κ2) is 24.0. The van der Waals surface area contributed by atoms with Gasteiger partial charge in [-0.1, -0.05) is 75.7 Å². The number of phenolic OH excluding ortho intramolecular Hbond substituents is 1. The molecule has 0 unspecified atom stereocenters. The molecule has 2 saturated heterocycles. The number of likely N-dealkylation sites (N-methyl/N-ethyl adjacent to an activating group) is 1. The van der Waals surface area contributed by atoms with Crippen LogP contribution in [0.15, 0.2) is 48.5 Å². The highest BCUT2D eigenvalue weighted by atomic mass is 35.5. The molecule has 4 rings (SSSR count). The number of carbonyl (C=O) groups is 9. The largest absolute Gasteiger partial charge is 0.506 e. The summed E-state index contributed by atoms with van der Waals surface area (Å²) in [5.41, 5.74) is 6.30. The zero-order chi connectivity index (χ0) is 49.9. The van der Waals surface area contributed by atoms with Gasteiger partial charge in [-0.05, 0) is 67.7 Å². The third kappa shape index (κ3) is 14.6. The van der Waals surface area contributed by atoms with Crippen molar-refractivity contribution >= 4 is 64.8 Å². The SMILES string of the molecule is CC(=O)N[C@@H](CCC(N)=O)C(=O)N[C@@H]1C(=O)N[C@@H](CC(C)C)C(=O)N[C@H]2CC[C@@H](O)N(C2=O)[C@H](Cc2ccccc2)C(=O)N(C)[C@@H](Cc2ccc(O)c(Cl)c2)C(=O)N[C@@H](C(C)C)C(=O)O[C@H]1C. The molecule has 2 aliphatic heterocycles. The summed E-state index contributed by atoms with van der Waals surface area (Å²) in [7, 11) is 1.33. The smallest absolute Gasteiger partial charge is 0.329 e. The maximum Gasteiger partial charge on any atom is 0.329 e. The number of hydrogen-bond donors (Lipinski definition) is 8. The Morgan fingerprint density at radius 3 is 2.13 bits per heavy atom. The van der Waals surface area contributed by atoms with Crippen molar-refractivity contribution in [3.63, 3.8) is 0 Å². The van der Waals surface area contributed by atoms with E-state index in [-0.39, 0.29) is 61.6 Å². The molecule has 2 aromatic carbocycles. The van der Waals surface area contributed by atoms with E-state index in [0.29, 0.717) is 11.1 Å². The third-order valence-corrected chi connectivity index (χ3v) is 11.9. The Morgan fingerprint density at radius 2 is 1.54 bits per heavy atom. The summed E-state index contributed by atoms with van der Waals surface area (Å²) in [4.78, 5) is 127. The number of nitrogens with two attached hydrogens (primary N) is 1. The van der Waals surface area contributed by atoms with Crippen LogP contribution in [0.25, 0.3) is 0 Å². The summed E-state index contributed by atoms with van der Waals surface area (Å²) in [6.45, 7) is 9.17. The van der Waals surface area contributed by atoms with Gasteiger partial charge in [0.25, 0.3) is 0 Å². The highest BCUT2D eigenvalue weighted by Gasteiger charge is 2.46. The lowest BCUT2D eigenvalue weighted by Gasteiger charge is -2.43. The molecule has 366 valence electrons. The van der Waals surface area contributed by atoms with E-state index >= 15 is 4.79 Å². The van der Waals surface area contributed by atoms with Crippen molar-refractivity contribution in [3.05, 3.63) is 64.7 Å². The number of benzene rings is 2. The van der Waals surface area contributed by atoms with Gasteiger partial charge in [0.15, 0.2) is 0 Å². The van der Waals surface area contributed by atoms with Gasteiger partial charge in [-0.2, -0.15) is 0 Å². The quantitative estimate of drug-likeness (QED) is 0.126. The Bertz CT molecular complexity index is 2160. The Labute approximate surface area is 394 Å². The van der Waals surface area contributed by atoms with Crippen molar-refractivity contribution in [2.75, 3.05) is 7.05 Å². The van der Waals surface area contributed by atoms with E-state index < -0.39 is 114 Å². The number of hydrogen-bond acceptors (Lipinski definition) is 12. The summed E-state index contributed by atoms with van der Waals surface area (Å²) in [6.07, 6.45) is -4.10. The Balaban J connectivity index is 1.89. The van der Waals surface area contributed by atoms with Crippen molar-refractivity contribution in [1.82, 2.24) is 36.4 Å². The van der Waals surface area contributed by atoms with Crippen LogP contribution in [0, 0.1) is 11.8 Å². The van der Waals surface area contributed by atoms with Crippen LogP contribution < -0.4 is 32.3 Å². The fraction of sp³-hybridized carbons (Fsp3) is 0.543. The van der Waals surface area contributed by atoms with Gasteiger partial charge >= 0.3 is 5.97 Å². The molecule has 0 spiro atoms. The van der Waals surface area contributed by atoms with Crippen LogP contribution in [0.1, 0.15) is 84.8 Å². The summed E-state index contributed by atoms with van der Waals surface area (Å²) in [6, 6.07) is 2.74. The number of amides is 8. The van der Waals surface area contributed by atoms with Crippen LogP contribution in [0.2, 0.25) is 5.02 Å². The lowest BCUT2D eigenvalue weighted by molar-refractivity contribution is -0.165. The van der Waals surface area contributed by atoms with Gasteiger partial charge in [0.05, 0.1) is 5.02 Å².